The summed E-state index contributed by atoms with van der Waals surface area (Å²) in [5.74, 6) is -7.44. The van der Waals surface area contributed by atoms with E-state index in [0.717, 1.165) is 0 Å². The minimum atomic E-state index is -3.97. The van der Waals surface area contributed by atoms with Crippen LogP contribution < -0.4 is 10.7 Å². The number of esters is 2. The molecule has 5 N–H and O–H groups in total. The van der Waals surface area contributed by atoms with Crippen LogP contribution in [0.15, 0.2) is 28.0 Å². The molecule has 1 aromatic heterocycles. The van der Waals surface area contributed by atoms with Gasteiger partial charge in [0.05, 0.1) is 64.6 Å². The molecule has 22 nitrogen and oxygen atoms in total. The van der Waals surface area contributed by atoms with Crippen LogP contribution in [0.4, 0.5) is 0 Å². The van der Waals surface area contributed by atoms with Crippen molar-refractivity contribution < 1.29 is 85.9 Å². The number of carbonyl (C=O) groups excluding carboxylic acids is 3. The Morgan fingerprint density at radius 1 is 0.900 bits per heavy atom. The van der Waals surface area contributed by atoms with Gasteiger partial charge in [0, 0.05) is 75.2 Å². The molecule has 0 bridgehead atoms. The Labute approximate surface area is 470 Å². The third-order valence-electron chi connectivity index (χ3n) is 17.6. The number of sulfone groups is 1. The maximum Gasteiger partial charge on any atom is 0.341 e. The van der Waals surface area contributed by atoms with Crippen molar-refractivity contribution in [3.05, 3.63) is 39.7 Å². The quantitative estimate of drug-likeness (QED) is 0.111. The van der Waals surface area contributed by atoms with Crippen molar-refractivity contribution in [1.29, 1.82) is 0 Å². The second-order valence-electron chi connectivity index (χ2n) is 23.9. The number of nitrogens with zero attached hydrogens (tertiary/aromatic N) is 2. The zero-order chi connectivity index (χ0) is 59.7. The van der Waals surface area contributed by atoms with Crippen LogP contribution in [0.1, 0.15) is 137 Å². The number of likely N-dealkylation sites (N-methyl/N-ethyl adjacent to an activating group) is 1. The maximum absolute atomic E-state index is 14.6. The van der Waals surface area contributed by atoms with Crippen molar-refractivity contribution in [1.82, 2.24) is 14.8 Å². The van der Waals surface area contributed by atoms with Crippen molar-refractivity contribution in [2.75, 3.05) is 47.2 Å². The number of carbonyl (C=O) groups is 4. The number of aliphatic hydroxyl groups excluding tert-OH is 2. The molecule has 0 radical (unpaired) electrons. The van der Waals surface area contributed by atoms with Gasteiger partial charge in [-0.15, -0.1) is 0 Å². The summed E-state index contributed by atoms with van der Waals surface area (Å²) in [7, 11) is 2.65. The number of ether oxygens (including phenoxy) is 8. The number of hydrogen-bond donors (Lipinski definition) is 5. The first-order valence-corrected chi connectivity index (χ1v) is 29.7. The van der Waals surface area contributed by atoms with E-state index < -0.39 is 135 Å². The van der Waals surface area contributed by atoms with E-state index >= 15 is 0 Å². The number of hydrogen-bond acceptors (Lipinski definition) is 20. The topological polar surface area (TPSA) is 294 Å². The van der Waals surface area contributed by atoms with Gasteiger partial charge < -0.3 is 73.1 Å². The highest BCUT2D eigenvalue weighted by molar-refractivity contribution is 7.91. The lowest BCUT2D eigenvalue weighted by Crippen LogP contribution is -2.61. The molecule has 4 aliphatic heterocycles. The Morgan fingerprint density at radius 3 is 2.16 bits per heavy atom. The second kappa shape index (κ2) is 25.9. The molecular weight excluding hydrogens is 1060 g/mol. The number of carboxylic acid groups (broad SMARTS) is 1. The van der Waals surface area contributed by atoms with Gasteiger partial charge in [-0.25, -0.2) is 13.2 Å². The summed E-state index contributed by atoms with van der Waals surface area (Å²) >= 11 is 0. The average molecular weight is 1150 g/mol. The van der Waals surface area contributed by atoms with Gasteiger partial charge in [-0.2, -0.15) is 0 Å². The first kappa shape index (κ1) is 65.2. The van der Waals surface area contributed by atoms with E-state index in [1.807, 2.05) is 32.8 Å². The molecule has 3 fully saturated rings. The third-order valence-corrected chi connectivity index (χ3v) is 19.3. The van der Waals surface area contributed by atoms with Crippen LogP contribution >= 0.6 is 0 Å². The van der Waals surface area contributed by atoms with Crippen molar-refractivity contribution in [2.24, 2.45) is 23.7 Å². The third kappa shape index (κ3) is 13.7. The first-order chi connectivity index (χ1) is 37.3. The summed E-state index contributed by atoms with van der Waals surface area (Å²) in [4.78, 5) is 69.4. The number of cyclic esters (lactones) is 1. The highest BCUT2D eigenvalue weighted by atomic mass is 32.2. The fourth-order valence-electron chi connectivity index (χ4n) is 12.6. The number of nitrogens with one attached hydrogen (secondary N) is 1. The number of aromatic nitrogens is 1. The number of carboxylic acids is 1. The summed E-state index contributed by atoms with van der Waals surface area (Å²) in [5, 5.41) is 48.0. The van der Waals surface area contributed by atoms with Crippen LogP contribution in [0.2, 0.25) is 0 Å². The lowest BCUT2D eigenvalue weighted by molar-refractivity contribution is -0.320. The van der Waals surface area contributed by atoms with E-state index in [0.29, 0.717) is 30.3 Å². The van der Waals surface area contributed by atoms with Crippen LogP contribution in [0, 0.1) is 23.7 Å². The molecule has 5 heterocycles. The lowest BCUT2D eigenvalue weighted by Gasteiger charge is -2.50. The minimum absolute atomic E-state index is 0.0291. The zero-order valence-electron chi connectivity index (χ0n) is 49.3. The number of rotatable bonds is 17. The molecule has 4 aliphatic rings. The van der Waals surface area contributed by atoms with Crippen LogP contribution in [-0.2, 0) is 68.5 Å². The minimum Gasteiger partial charge on any atom is -0.477 e. The number of pyridine rings is 1. The van der Waals surface area contributed by atoms with Crippen LogP contribution in [-0.4, -0.2) is 193 Å². The summed E-state index contributed by atoms with van der Waals surface area (Å²) in [6.07, 6.45) is -7.91. The number of Topliss-reactive ketones (excluding diaryl/α,β-unsaturated/α-hetero) is 1. The van der Waals surface area contributed by atoms with Crippen LogP contribution in [0.25, 0.3) is 10.9 Å². The van der Waals surface area contributed by atoms with Gasteiger partial charge in [-0.05, 0) is 112 Å². The van der Waals surface area contributed by atoms with E-state index in [9.17, 15) is 52.8 Å². The second-order valence-corrected chi connectivity index (χ2v) is 26.0. The van der Waals surface area contributed by atoms with E-state index in [2.05, 4.69) is 5.32 Å². The van der Waals surface area contributed by atoms with Crippen LogP contribution in [0.5, 0.6) is 0 Å². The van der Waals surface area contributed by atoms with Gasteiger partial charge in [-0.1, -0.05) is 27.7 Å². The smallest absolute Gasteiger partial charge is 0.341 e. The molecule has 0 aliphatic carbocycles. The van der Waals surface area contributed by atoms with E-state index in [-0.39, 0.29) is 78.8 Å². The fourth-order valence-corrected chi connectivity index (χ4v) is 13.8. The van der Waals surface area contributed by atoms with Crippen molar-refractivity contribution in [3.63, 3.8) is 0 Å². The molecule has 1 aromatic carbocycles. The molecule has 23 heteroatoms. The molecule has 3 saturated heterocycles. The molecule has 452 valence electrons. The van der Waals surface area contributed by atoms with Gasteiger partial charge in [0.1, 0.15) is 34.8 Å². The van der Waals surface area contributed by atoms with Crippen molar-refractivity contribution >= 4 is 44.4 Å². The molecular formula is C57H89N3O19S. The predicted octanol–water partition coefficient (Wildman–Crippen LogP) is 3.96. The van der Waals surface area contributed by atoms with Gasteiger partial charge in [-0.3, -0.25) is 19.2 Å². The largest absolute Gasteiger partial charge is 0.477 e. The number of aryl methyl sites for hydroxylation is 1. The Balaban J connectivity index is 1.21. The SMILES string of the molecule is CCC1OC(=O)[C@H](C)[C@@H](OC2CC(C)(OC)C(OC(=O)CCNCCS(=O)(=O)c3cc4c5c(c3)c(=O)c(C(=O)O)cn5C(C)CC4)[C@H](C)O2)C(C)[C@@H](O[C@@H]2O[C@H](C)C[C@H](N(C)C)C2O)[C@](C)(OC)CC(C)C(=O)[C@H](C)C(O)C1(C)O. The number of aliphatic hydroxyl groups is 3. The molecule has 0 spiro atoms. The normalized spacial score (nSPS) is 37.7. The molecule has 0 saturated carbocycles. The van der Waals surface area contributed by atoms with E-state index in [4.69, 9.17) is 37.9 Å². The lowest BCUT2D eigenvalue weighted by atomic mass is 9.74. The van der Waals surface area contributed by atoms with Gasteiger partial charge in [0.25, 0.3) is 0 Å². The van der Waals surface area contributed by atoms with Gasteiger partial charge >= 0.3 is 17.9 Å². The monoisotopic (exact) mass is 1150 g/mol. The maximum atomic E-state index is 14.6. The average Bonchev–Trinajstić information content (AvgIpc) is 3.61. The number of aromatic carboxylic acids is 1. The highest BCUT2D eigenvalue weighted by Gasteiger charge is 2.55. The number of ketones is 1. The summed E-state index contributed by atoms with van der Waals surface area (Å²) in [6, 6.07) is 2.34. The Morgan fingerprint density at radius 2 is 1.55 bits per heavy atom. The fraction of sp³-hybridized carbons (Fsp3) is 0.772. The molecule has 80 heavy (non-hydrogen) atoms. The molecule has 2 aromatic rings. The predicted molar refractivity (Wildman–Crippen MR) is 293 cm³/mol. The van der Waals surface area contributed by atoms with Gasteiger partial charge in [0.15, 0.2) is 28.5 Å². The Bertz CT molecular complexity index is 2720. The van der Waals surface area contributed by atoms with Crippen molar-refractivity contribution in [2.45, 2.75) is 216 Å². The van der Waals surface area contributed by atoms with E-state index in [1.165, 1.54) is 40.3 Å². The number of methoxy groups -OCH3 is 2. The molecule has 10 unspecified atom stereocenters. The highest BCUT2D eigenvalue weighted by Crippen LogP contribution is 2.43. The first-order valence-electron chi connectivity index (χ1n) is 28.1. The Hall–Kier alpha value is -3.98. The summed E-state index contributed by atoms with van der Waals surface area (Å²) in [6.45, 7) is 18.6. The number of benzene rings is 1. The van der Waals surface area contributed by atoms with Gasteiger partial charge in [0.2, 0.25) is 5.43 Å². The zero-order valence-corrected chi connectivity index (χ0v) is 50.1. The molecule has 19 atom stereocenters. The van der Waals surface area contributed by atoms with Crippen LogP contribution in [0.3, 0.4) is 0 Å². The van der Waals surface area contributed by atoms with E-state index in [1.54, 1.807) is 59.1 Å². The summed E-state index contributed by atoms with van der Waals surface area (Å²) in [5.41, 5.74) is -4.69. The molecule has 0 amide bonds. The molecule has 6 rings (SSSR count). The standard InChI is InChI=1S/C57H89N3O19S/c1-16-41-57(11,69)49(65)32(5)45(62)29(2)26-55(9,72-14)50(79-54-47(64)40(59(12)13)23-31(4)74-54)33(6)48(34(7)53(68)76-41)78-43-27-56(10,73-15)51(35(8)75-43)77-42(61)19-20-58-21-22-80(70,71)37-24-36-18-17-30(3)60-28-39(52(66)67)46(63)38(25-37)44(36)60/h24-25,28-35,40-41,43,47-51,54,58,64-65,69H,16-23,26-27H2,1-15H3,(H,66,67)/t29?,30?,31-,32+,33?,34-,35+,40+,41?,43?,47?,48+,49?,50-,51?,54+,55-,56?,57?/m1/s1. The Kier molecular flexibility index (Phi) is 21.1. The summed E-state index contributed by atoms with van der Waals surface area (Å²) < 4.78 is 80.2. The van der Waals surface area contributed by atoms with Crippen molar-refractivity contribution in [3.8, 4) is 0 Å².